The number of phenols is 1. The maximum atomic E-state index is 13.0. The van der Waals surface area contributed by atoms with Crippen molar-refractivity contribution in [3.8, 4) is 11.5 Å². The number of hydrogen-bond donors (Lipinski definition) is 2. The van der Waals surface area contributed by atoms with E-state index in [1.165, 1.54) is 0 Å². The second kappa shape index (κ2) is 8.78. The van der Waals surface area contributed by atoms with Crippen molar-refractivity contribution in [3.63, 3.8) is 0 Å². The molecule has 158 valence electrons. The maximum absolute atomic E-state index is 13.0. The molecule has 0 atom stereocenters. The normalized spacial score (nSPS) is 18.6. The Morgan fingerprint density at radius 2 is 1.90 bits per heavy atom. The fraction of sp³-hybridized carbons (Fsp3) is 0.348. The van der Waals surface area contributed by atoms with E-state index < -0.39 is 0 Å². The molecule has 0 aliphatic carbocycles. The van der Waals surface area contributed by atoms with Crippen LogP contribution in [0.25, 0.3) is 6.08 Å². The van der Waals surface area contributed by atoms with Crippen LogP contribution in [-0.2, 0) is 6.54 Å². The van der Waals surface area contributed by atoms with Gasteiger partial charge in [0.2, 0.25) is 5.78 Å². The summed E-state index contributed by atoms with van der Waals surface area (Å²) in [5, 5.41) is 20.3. The van der Waals surface area contributed by atoms with Crippen molar-refractivity contribution in [3.05, 3.63) is 63.4 Å². The van der Waals surface area contributed by atoms with Crippen LogP contribution in [0.3, 0.4) is 0 Å². The number of nitrogens with zero attached hydrogens (tertiary/aromatic N) is 2. The summed E-state index contributed by atoms with van der Waals surface area (Å²) in [6.07, 6.45) is 1.68. The minimum absolute atomic E-state index is 0.140. The van der Waals surface area contributed by atoms with Crippen LogP contribution >= 0.6 is 11.6 Å². The topological polar surface area (TPSA) is 73.2 Å². The molecule has 4 rings (SSSR count). The van der Waals surface area contributed by atoms with Gasteiger partial charge in [-0.1, -0.05) is 23.7 Å². The Bertz CT molecular complexity index is 997. The molecule has 1 fully saturated rings. The smallest absolute Gasteiger partial charge is 0.232 e. The number of β-amino-alcohol motifs (C(OH)–C–C–N with tert-alkyl or cyclic N) is 1. The number of allylic oxidation sites excluding steroid dienone is 1. The molecule has 30 heavy (non-hydrogen) atoms. The summed E-state index contributed by atoms with van der Waals surface area (Å²) < 4.78 is 6.00. The van der Waals surface area contributed by atoms with Gasteiger partial charge in [0.25, 0.3) is 0 Å². The molecule has 0 amide bonds. The van der Waals surface area contributed by atoms with Gasteiger partial charge < -0.3 is 14.9 Å². The lowest BCUT2D eigenvalue weighted by Crippen LogP contribution is -2.46. The van der Waals surface area contributed by atoms with Crippen molar-refractivity contribution < 1.29 is 19.7 Å². The Kier molecular flexibility index (Phi) is 6.11. The molecule has 2 aromatic carbocycles. The van der Waals surface area contributed by atoms with Crippen molar-refractivity contribution in [1.82, 2.24) is 9.80 Å². The highest BCUT2D eigenvalue weighted by molar-refractivity contribution is 6.30. The zero-order chi connectivity index (χ0) is 21.3. The highest BCUT2D eigenvalue weighted by atomic mass is 35.5. The average Bonchev–Trinajstić information content (AvgIpc) is 3.03. The molecular weight excluding hydrogens is 404 g/mol. The molecular formula is C23H25ClN2O4. The molecule has 0 radical (unpaired) electrons. The first-order valence-corrected chi connectivity index (χ1v) is 10.4. The van der Waals surface area contributed by atoms with Gasteiger partial charge in [-0.25, -0.2) is 0 Å². The first kappa shape index (κ1) is 20.9. The summed E-state index contributed by atoms with van der Waals surface area (Å²) in [6.45, 7) is 6.49. The molecule has 6 nitrogen and oxygen atoms in total. The van der Waals surface area contributed by atoms with Crippen LogP contribution in [0, 0.1) is 6.92 Å². The number of carbonyl (C=O) groups excluding carboxylic acids is 1. The number of fused-ring (bicyclic) bond motifs is 1. The monoisotopic (exact) mass is 428 g/mol. The first-order chi connectivity index (χ1) is 14.5. The number of aromatic hydroxyl groups is 1. The molecule has 0 saturated carbocycles. The third-order valence-corrected chi connectivity index (χ3v) is 5.87. The molecule has 2 heterocycles. The number of carbonyl (C=O) groups is 1. The van der Waals surface area contributed by atoms with E-state index in [9.17, 15) is 9.90 Å². The van der Waals surface area contributed by atoms with Gasteiger partial charge in [0, 0.05) is 44.3 Å². The molecule has 0 unspecified atom stereocenters. The van der Waals surface area contributed by atoms with E-state index in [-0.39, 0.29) is 23.9 Å². The van der Waals surface area contributed by atoms with Gasteiger partial charge in [-0.2, -0.15) is 0 Å². The van der Waals surface area contributed by atoms with Gasteiger partial charge in [0.1, 0.15) is 11.5 Å². The number of rotatable bonds is 5. The van der Waals surface area contributed by atoms with Crippen LogP contribution in [-0.4, -0.2) is 65.1 Å². The van der Waals surface area contributed by atoms with Crippen molar-refractivity contribution in [2.24, 2.45) is 0 Å². The molecule has 0 aromatic heterocycles. The Hall–Kier alpha value is -2.38. The van der Waals surface area contributed by atoms with Gasteiger partial charge in [-0.15, -0.1) is 0 Å². The SMILES string of the molecule is Cc1cc(O)c(CN2CCN(CCO)CC2)c2c1C(=O)/C(=C/c1cccc(Cl)c1)O2. The van der Waals surface area contributed by atoms with Crippen molar-refractivity contribution >= 4 is 23.5 Å². The molecule has 2 aliphatic rings. The third kappa shape index (κ3) is 4.23. The summed E-state index contributed by atoms with van der Waals surface area (Å²) in [6, 6.07) is 8.86. The lowest BCUT2D eigenvalue weighted by molar-refractivity contribution is 0.101. The summed E-state index contributed by atoms with van der Waals surface area (Å²) in [7, 11) is 0. The number of phenolic OH excluding ortho intramolecular Hbond substituents is 1. The van der Waals surface area contributed by atoms with Crippen LogP contribution in [0.2, 0.25) is 5.02 Å². The Balaban J connectivity index is 1.60. The summed E-state index contributed by atoms with van der Waals surface area (Å²) in [5.74, 6) is 0.635. The van der Waals surface area contributed by atoms with E-state index in [0.29, 0.717) is 40.6 Å². The van der Waals surface area contributed by atoms with E-state index in [1.807, 2.05) is 12.1 Å². The number of aryl methyl sites for hydroxylation is 1. The van der Waals surface area contributed by atoms with Crippen LogP contribution in [0.4, 0.5) is 0 Å². The summed E-state index contributed by atoms with van der Waals surface area (Å²) >= 11 is 6.05. The zero-order valence-electron chi connectivity index (χ0n) is 16.9. The van der Waals surface area contributed by atoms with Gasteiger partial charge in [0.15, 0.2) is 5.76 Å². The van der Waals surface area contributed by atoms with Gasteiger partial charge in [0.05, 0.1) is 17.7 Å². The van der Waals surface area contributed by atoms with E-state index >= 15 is 0 Å². The van der Waals surface area contributed by atoms with Gasteiger partial charge >= 0.3 is 0 Å². The zero-order valence-corrected chi connectivity index (χ0v) is 17.7. The van der Waals surface area contributed by atoms with E-state index in [0.717, 1.165) is 31.7 Å². The number of hydrogen-bond acceptors (Lipinski definition) is 6. The lowest BCUT2D eigenvalue weighted by Gasteiger charge is -2.34. The Morgan fingerprint density at radius 1 is 1.17 bits per heavy atom. The molecule has 7 heteroatoms. The van der Waals surface area contributed by atoms with Crippen LogP contribution < -0.4 is 4.74 Å². The number of piperazine rings is 1. The van der Waals surface area contributed by atoms with Crippen LogP contribution in [0.5, 0.6) is 11.5 Å². The van der Waals surface area contributed by atoms with E-state index in [1.54, 1.807) is 31.2 Å². The molecule has 0 bridgehead atoms. The largest absolute Gasteiger partial charge is 0.507 e. The predicted molar refractivity (Wildman–Crippen MR) is 116 cm³/mol. The van der Waals surface area contributed by atoms with Crippen molar-refractivity contribution in [2.75, 3.05) is 39.3 Å². The Labute approximate surface area is 180 Å². The molecule has 2 aromatic rings. The minimum atomic E-state index is -0.184. The second-order valence-corrected chi connectivity index (χ2v) is 8.17. The molecule has 2 aliphatic heterocycles. The predicted octanol–water partition coefficient (Wildman–Crippen LogP) is 3.08. The third-order valence-electron chi connectivity index (χ3n) is 5.63. The number of aliphatic hydroxyl groups excluding tert-OH is 1. The fourth-order valence-electron chi connectivity index (χ4n) is 4.02. The average molecular weight is 429 g/mol. The van der Waals surface area contributed by atoms with E-state index in [4.69, 9.17) is 21.4 Å². The van der Waals surface area contributed by atoms with Crippen molar-refractivity contribution in [1.29, 1.82) is 0 Å². The maximum Gasteiger partial charge on any atom is 0.232 e. The minimum Gasteiger partial charge on any atom is -0.507 e. The molecule has 1 saturated heterocycles. The second-order valence-electron chi connectivity index (χ2n) is 7.73. The number of aliphatic hydroxyl groups is 1. The number of Topliss-reactive ketones (excluding diaryl/α,β-unsaturated/α-hetero) is 1. The van der Waals surface area contributed by atoms with Gasteiger partial charge in [-0.05, 0) is 42.3 Å². The number of ether oxygens (including phenoxy) is 1. The quantitative estimate of drug-likeness (QED) is 0.713. The fourth-order valence-corrected chi connectivity index (χ4v) is 4.22. The number of halogens is 1. The van der Waals surface area contributed by atoms with Crippen LogP contribution in [0.1, 0.15) is 27.0 Å². The molecule has 2 N–H and O–H groups in total. The molecule has 0 spiro atoms. The highest BCUT2D eigenvalue weighted by Crippen LogP contribution is 2.42. The van der Waals surface area contributed by atoms with Crippen molar-refractivity contribution in [2.45, 2.75) is 13.5 Å². The van der Waals surface area contributed by atoms with Crippen LogP contribution in [0.15, 0.2) is 36.1 Å². The number of benzene rings is 2. The lowest BCUT2D eigenvalue weighted by atomic mass is 9.99. The Morgan fingerprint density at radius 3 is 2.60 bits per heavy atom. The highest BCUT2D eigenvalue weighted by Gasteiger charge is 2.34. The standard InChI is InChI=1S/C23H25ClN2O4/c1-15-11-19(28)18(14-26-7-5-25(6-8-26)9-10-27)23-21(15)22(29)20(30-23)13-16-3-2-4-17(24)12-16/h2-4,11-13,27-28H,5-10,14H2,1H3/b20-13-. The van der Waals surface area contributed by atoms with E-state index in [2.05, 4.69) is 9.80 Å². The van der Waals surface area contributed by atoms with Gasteiger partial charge in [-0.3, -0.25) is 14.6 Å². The summed E-state index contributed by atoms with van der Waals surface area (Å²) in [5.41, 5.74) is 2.62. The summed E-state index contributed by atoms with van der Waals surface area (Å²) in [4.78, 5) is 17.5. The number of ketones is 1. The first-order valence-electron chi connectivity index (χ1n) is 10.1.